The molecule has 0 aromatic heterocycles. The number of hydrogen-bond acceptors (Lipinski definition) is 1. The van der Waals surface area contributed by atoms with E-state index in [2.05, 4.69) is 0 Å². The van der Waals surface area contributed by atoms with Crippen LogP contribution in [0.25, 0.3) is 0 Å². The van der Waals surface area contributed by atoms with Gasteiger partial charge in [-0.1, -0.05) is 19.1 Å². The molecule has 0 fully saturated rings. The van der Waals surface area contributed by atoms with Crippen molar-refractivity contribution in [2.45, 2.75) is 19.5 Å². The van der Waals surface area contributed by atoms with Crippen LogP contribution in [-0.4, -0.2) is 12.1 Å². The Hall–Kier alpha value is -1.26. The molecule has 0 radical (unpaired) electrons. The van der Waals surface area contributed by atoms with Crippen LogP contribution >= 0.6 is 0 Å². The van der Waals surface area contributed by atoms with Crippen molar-refractivity contribution >= 4 is 5.91 Å². The molecule has 2 nitrogen and oxygen atoms in total. The van der Waals surface area contributed by atoms with Crippen molar-refractivity contribution in [3.05, 3.63) is 23.3 Å². The number of carbonyl (C=O) groups is 1. The van der Waals surface area contributed by atoms with Crippen LogP contribution in [0.3, 0.4) is 0 Å². The molecule has 0 bridgehead atoms. The smallest absolute Gasteiger partial charge is 0.366 e. The fourth-order valence-electron chi connectivity index (χ4n) is 1.40. The van der Waals surface area contributed by atoms with Crippen molar-refractivity contribution in [3.63, 3.8) is 0 Å². The molecule has 0 aromatic rings. The molecule has 2 N–H and O–H groups in total. The maximum Gasteiger partial charge on any atom is 0.412 e. The summed E-state index contributed by atoms with van der Waals surface area (Å²) in [6, 6.07) is 0. The van der Waals surface area contributed by atoms with Crippen molar-refractivity contribution in [1.82, 2.24) is 0 Å². The van der Waals surface area contributed by atoms with Crippen LogP contribution in [-0.2, 0) is 4.79 Å². The van der Waals surface area contributed by atoms with Crippen LogP contribution in [0.15, 0.2) is 23.3 Å². The van der Waals surface area contributed by atoms with Gasteiger partial charge < -0.3 is 5.73 Å². The lowest BCUT2D eigenvalue weighted by Crippen LogP contribution is -2.24. The van der Waals surface area contributed by atoms with Crippen LogP contribution in [0.2, 0.25) is 0 Å². The van der Waals surface area contributed by atoms with Crippen molar-refractivity contribution < 1.29 is 18.0 Å². The Labute approximate surface area is 79.3 Å². The molecule has 0 saturated heterocycles. The minimum Gasteiger partial charge on any atom is -0.366 e. The molecule has 5 heteroatoms. The van der Waals surface area contributed by atoms with Crippen LogP contribution in [0.4, 0.5) is 13.2 Å². The lowest BCUT2D eigenvalue weighted by atomic mass is 9.88. The highest BCUT2D eigenvalue weighted by molar-refractivity contribution is 5.93. The predicted octanol–water partition coefficient (Wildman–Crippen LogP) is 1.93. The van der Waals surface area contributed by atoms with Crippen LogP contribution in [0, 0.1) is 5.92 Å². The molecule has 14 heavy (non-hydrogen) atoms. The predicted molar refractivity (Wildman–Crippen MR) is 45.2 cm³/mol. The van der Waals surface area contributed by atoms with E-state index in [1.807, 2.05) is 0 Å². The van der Waals surface area contributed by atoms with E-state index < -0.39 is 23.6 Å². The second kappa shape index (κ2) is 3.48. The van der Waals surface area contributed by atoms with E-state index in [-0.39, 0.29) is 12.0 Å². The summed E-state index contributed by atoms with van der Waals surface area (Å²) in [6.45, 7) is 1.55. The molecular weight excluding hydrogens is 195 g/mol. The summed E-state index contributed by atoms with van der Waals surface area (Å²) in [5, 5.41) is 0. The zero-order valence-corrected chi connectivity index (χ0v) is 7.56. The Morgan fingerprint density at radius 3 is 2.43 bits per heavy atom. The van der Waals surface area contributed by atoms with E-state index in [1.165, 1.54) is 0 Å². The zero-order chi connectivity index (χ0) is 10.9. The number of halogens is 3. The Bertz CT molecular complexity index is 315. The highest BCUT2D eigenvalue weighted by atomic mass is 19.4. The first kappa shape index (κ1) is 10.8. The number of rotatable bonds is 1. The maximum atomic E-state index is 12.2. The molecule has 0 aliphatic heterocycles. The van der Waals surface area contributed by atoms with Gasteiger partial charge in [0.25, 0.3) is 0 Å². The van der Waals surface area contributed by atoms with Gasteiger partial charge in [-0.25, -0.2) is 0 Å². The van der Waals surface area contributed by atoms with Gasteiger partial charge in [0.2, 0.25) is 5.91 Å². The number of primary amides is 1. The standard InChI is InChI=1S/C9H10F3NO/c1-5-4-6(9(10,11)12)2-3-7(5)8(13)14/h2-3,5H,4H2,1H3,(H2,13,14). The third kappa shape index (κ3) is 2.16. The molecule has 1 amide bonds. The third-order valence-corrected chi connectivity index (χ3v) is 2.17. The summed E-state index contributed by atoms with van der Waals surface area (Å²) in [7, 11) is 0. The van der Waals surface area contributed by atoms with Crippen LogP contribution < -0.4 is 5.73 Å². The van der Waals surface area contributed by atoms with E-state index in [1.54, 1.807) is 6.92 Å². The van der Waals surface area contributed by atoms with E-state index in [4.69, 9.17) is 5.73 Å². The molecule has 0 aromatic carbocycles. The molecule has 0 saturated carbocycles. The number of nitrogens with two attached hydrogens (primary N) is 1. The number of carbonyl (C=O) groups excluding carboxylic acids is 1. The molecule has 0 heterocycles. The van der Waals surface area contributed by atoms with Gasteiger partial charge in [-0.05, 0) is 12.3 Å². The normalized spacial score (nSPS) is 22.7. The number of amides is 1. The summed E-state index contributed by atoms with van der Waals surface area (Å²) < 4.78 is 36.7. The number of hydrogen-bond donors (Lipinski definition) is 1. The molecule has 1 atom stereocenters. The lowest BCUT2D eigenvalue weighted by Gasteiger charge is -2.21. The van der Waals surface area contributed by atoms with Gasteiger partial charge in [-0.2, -0.15) is 13.2 Å². The highest BCUT2D eigenvalue weighted by Crippen LogP contribution is 2.35. The van der Waals surface area contributed by atoms with Crippen molar-refractivity contribution in [2.24, 2.45) is 11.7 Å². The molecule has 0 spiro atoms. The average Bonchev–Trinajstić information content (AvgIpc) is 2.01. The van der Waals surface area contributed by atoms with Crippen molar-refractivity contribution in [2.75, 3.05) is 0 Å². The average molecular weight is 205 g/mol. The quantitative estimate of drug-likeness (QED) is 0.698. The van der Waals surface area contributed by atoms with Crippen molar-refractivity contribution in [3.8, 4) is 0 Å². The minimum atomic E-state index is -4.31. The fourth-order valence-corrected chi connectivity index (χ4v) is 1.40. The van der Waals surface area contributed by atoms with Crippen LogP contribution in [0.1, 0.15) is 13.3 Å². The van der Waals surface area contributed by atoms with Gasteiger partial charge in [0.15, 0.2) is 0 Å². The number of alkyl halides is 3. The largest absolute Gasteiger partial charge is 0.412 e. The first-order valence-electron chi connectivity index (χ1n) is 4.10. The van der Waals surface area contributed by atoms with Gasteiger partial charge >= 0.3 is 6.18 Å². The Morgan fingerprint density at radius 2 is 2.07 bits per heavy atom. The minimum absolute atomic E-state index is 0.182. The summed E-state index contributed by atoms with van der Waals surface area (Å²) in [4.78, 5) is 10.8. The summed E-state index contributed by atoms with van der Waals surface area (Å²) >= 11 is 0. The first-order chi connectivity index (χ1) is 6.32. The third-order valence-electron chi connectivity index (χ3n) is 2.17. The van der Waals surface area contributed by atoms with E-state index in [0.29, 0.717) is 0 Å². The summed E-state index contributed by atoms with van der Waals surface area (Å²) in [5.41, 5.74) is 4.63. The van der Waals surface area contributed by atoms with Crippen LogP contribution in [0.5, 0.6) is 0 Å². The molecule has 1 unspecified atom stereocenters. The Morgan fingerprint density at radius 1 is 1.50 bits per heavy atom. The SMILES string of the molecule is CC1CC(C(F)(F)F)=CC=C1C(N)=O. The zero-order valence-electron chi connectivity index (χ0n) is 7.56. The number of allylic oxidation sites excluding steroid dienone is 3. The Balaban J connectivity index is 2.95. The molecule has 78 valence electrons. The molecule has 1 rings (SSSR count). The second-order valence-electron chi connectivity index (χ2n) is 3.28. The summed E-state index contributed by atoms with van der Waals surface area (Å²) in [6.07, 6.45) is -2.42. The summed E-state index contributed by atoms with van der Waals surface area (Å²) in [5.74, 6) is -1.12. The molecule has 1 aliphatic rings. The van der Waals surface area contributed by atoms with Gasteiger partial charge in [0, 0.05) is 11.1 Å². The second-order valence-corrected chi connectivity index (χ2v) is 3.28. The van der Waals surface area contributed by atoms with E-state index in [0.717, 1.165) is 12.2 Å². The monoisotopic (exact) mass is 205 g/mol. The van der Waals surface area contributed by atoms with Crippen molar-refractivity contribution in [1.29, 1.82) is 0 Å². The highest BCUT2D eigenvalue weighted by Gasteiger charge is 2.36. The maximum absolute atomic E-state index is 12.2. The van der Waals surface area contributed by atoms with E-state index >= 15 is 0 Å². The topological polar surface area (TPSA) is 43.1 Å². The van der Waals surface area contributed by atoms with Gasteiger partial charge in [-0.15, -0.1) is 0 Å². The Kier molecular flexibility index (Phi) is 2.69. The lowest BCUT2D eigenvalue weighted by molar-refractivity contribution is -0.115. The van der Waals surface area contributed by atoms with Gasteiger partial charge in [0.1, 0.15) is 0 Å². The molecular formula is C9H10F3NO. The fraction of sp³-hybridized carbons (Fsp3) is 0.444. The van der Waals surface area contributed by atoms with Gasteiger partial charge in [0.05, 0.1) is 0 Å². The first-order valence-corrected chi connectivity index (χ1v) is 4.10. The molecule has 1 aliphatic carbocycles. The van der Waals surface area contributed by atoms with E-state index in [9.17, 15) is 18.0 Å². The van der Waals surface area contributed by atoms with Gasteiger partial charge in [-0.3, -0.25) is 4.79 Å².